The third-order valence-electron chi connectivity index (χ3n) is 2.33. The monoisotopic (exact) mass is 359 g/mol. The highest BCUT2D eigenvalue weighted by molar-refractivity contribution is 9.08. The minimum atomic E-state index is -0.453. The summed E-state index contributed by atoms with van der Waals surface area (Å²) in [5.74, 6) is 0.931. The number of rotatable bonds is 4. The molecule has 0 aliphatic carbocycles. The number of nitro groups is 1. The first-order valence-corrected chi connectivity index (χ1v) is 7.80. The second-order valence-corrected chi connectivity index (χ2v) is 7.30. The van der Waals surface area contributed by atoms with Gasteiger partial charge in [0.25, 0.3) is 5.69 Å². The molecule has 0 radical (unpaired) electrons. The Bertz CT molecular complexity index is 492. The number of nitro benzene ring substituents is 1. The average Bonchev–Trinajstić information content (AvgIpc) is 2.23. The summed E-state index contributed by atoms with van der Waals surface area (Å²) in [5, 5.41) is 11.6. The van der Waals surface area contributed by atoms with Crippen LogP contribution in [0.2, 0.25) is 0 Å². The maximum atomic E-state index is 11.1. The Labute approximate surface area is 133 Å². The maximum absolute atomic E-state index is 11.1. The van der Waals surface area contributed by atoms with E-state index in [2.05, 4.69) is 15.9 Å². The number of hydrogen-bond donors (Lipinski definition) is 0. The molecule has 1 aromatic carbocycles. The van der Waals surface area contributed by atoms with Crippen molar-refractivity contribution in [3.63, 3.8) is 0 Å². The Hall–Kier alpha value is -1.30. The Morgan fingerprint density at radius 3 is 1.67 bits per heavy atom. The number of alkyl halides is 1. The van der Waals surface area contributed by atoms with Gasteiger partial charge in [-0.2, -0.15) is 0 Å². The number of nitrogens with zero attached hydrogens (tertiary/aromatic N) is 1. The predicted octanol–water partition coefficient (Wildman–Crippen LogP) is 4.84. The lowest BCUT2D eigenvalue weighted by Crippen LogP contribution is -2.25. The first kappa shape index (κ1) is 17.8. The van der Waals surface area contributed by atoms with Crippen LogP contribution in [0.4, 0.5) is 5.69 Å². The molecule has 0 saturated heterocycles. The lowest BCUT2D eigenvalue weighted by atomic mass is 10.1. The van der Waals surface area contributed by atoms with Gasteiger partial charge in [0, 0.05) is 10.9 Å². The maximum Gasteiger partial charge on any atom is 0.276 e. The molecule has 0 fully saturated rings. The van der Waals surface area contributed by atoms with Crippen LogP contribution in [-0.4, -0.2) is 16.1 Å². The molecule has 0 unspecified atom stereocenters. The molecule has 0 aliphatic rings. The Kier molecular flexibility index (Phi) is 5.25. The molecule has 0 spiro atoms. The molecule has 21 heavy (non-hydrogen) atoms. The summed E-state index contributed by atoms with van der Waals surface area (Å²) in [7, 11) is 0. The quantitative estimate of drug-likeness (QED) is 0.438. The molecule has 0 heterocycles. The van der Waals surface area contributed by atoms with E-state index in [0.717, 1.165) is 5.56 Å². The Morgan fingerprint density at radius 2 is 1.43 bits per heavy atom. The number of non-ortho nitro benzene ring substituents is 1. The van der Waals surface area contributed by atoms with Crippen molar-refractivity contribution in [3.8, 4) is 11.5 Å². The SMILES string of the molecule is CC(C)(C)Oc1cc([N+](=O)[O-])cc(OC(C)(C)C)c1CBr. The van der Waals surface area contributed by atoms with Crippen molar-refractivity contribution in [2.24, 2.45) is 0 Å². The van der Waals surface area contributed by atoms with Gasteiger partial charge in [-0.25, -0.2) is 0 Å². The minimum absolute atomic E-state index is 0.0433. The molecule has 6 heteroatoms. The van der Waals surface area contributed by atoms with E-state index >= 15 is 0 Å². The van der Waals surface area contributed by atoms with Crippen LogP contribution in [-0.2, 0) is 5.33 Å². The molecule has 0 aliphatic heterocycles. The normalized spacial score (nSPS) is 12.1. The molecule has 0 N–H and O–H groups in total. The average molecular weight is 360 g/mol. The van der Waals surface area contributed by atoms with E-state index in [9.17, 15) is 10.1 Å². The Morgan fingerprint density at radius 1 is 1.05 bits per heavy atom. The van der Waals surface area contributed by atoms with Gasteiger partial charge >= 0.3 is 0 Å². The van der Waals surface area contributed by atoms with Gasteiger partial charge in [-0.15, -0.1) is 0 Å². The smallest absolute Gasteiger partial charge is 0.276 e. The zero-order chi connectivity index (χ0) is 16.4. The predicted molar refractivity (Wildman–Crippen MR) is 86.5 cm³/mol. The van der Waals surface area contributed by atoms with Crippen molar-refractivity contribution in [1.29, 1.82) is 0 Å². The van der Waals surface area contributed by atoms with Gasteiger partial charge in [0.2, 0.25) is 0 Å². The van der Waals surface area contributed by atoms with E-state index < -0.39 is 16.1 Å². The first-order chi connectivity index (χ1) is 9.43. The third-order valence-corrected chi connectivity index (χ3v) is 2.89. The fourth-order valence-corrected chi connectivity index (χ4v) is 2.24. The lowest BCUT2D eigenvalue weighted by Gasteiger charge is -2.26. The van der Waals surface area contributed by atoms with Crippen molar-refractivity contribution >= 4 is 21.6 Å². The van der Waals surface area contributed by atoms with Gasteiger partial charge in [-0.3, -0.25) is 10.1 Å². The molecule has 0 amide bonds. The van der Waals surface area contributed by atoms with Gasteiger partial charge < -0.3 is 9.47 Å². The summed E-state index contributed by atoms with van der Waals surface area (Å²) in [5.41, 5.74) is -0.181. The molecule has 0 bridgehead atoms. The van der Waals surface area contributed by atoms with Gasteiger partial charge in [0.1, 0.15) is 22.7 Å². The van der Waals surface area contributed by atoms with Gasteiger partial charge in [-0.05, 0) is 41.5 Å². The van der Waals surface area contributed by atoms with Crippen molar-refractivity contribution < 1.29 is 14.4 Å². The van der Waals surface area contributed by atoms with Crippen LogP contribution >= 0.6 is 15.9 Å². The molecule has 0 atom stereocenters. The van der Waals surface area contributed by atoms with E-state index in [-0.39, 0.29) is 5.69 Å². The first-order valence-electron chi connectivity index (χ1n) is 6.68. The number of halogens is 1. The van der Waals surface area contributed by atoms with E-state index in [1.165, 1.54) is 12.1 Å². The van der Waals surface area contributed by atoms with Crippen LogP contribution in [0.1, 0.15) is 47.1 Å². The molecule has 118 valence electrons. The highest BCUT2D eigenvalue weighted by Gasteiger charge is 2.24. The fraction of sp³-hybridized carbons (Fsp3) is 0.600. The molecule has 5 nitrogen and oxygen atoms in total. The van der Waals surface area contributed by atoms with E-state index in [1.54, 1.807) is 0 Å². The topological polar surface area (TPSA) is 61.6 Å². The fourth-order valence-electron chi connectivity index (χ4n) is 1.68. The summed E-state index contributed by atoms with van der Waals surface area (Å²) in [6.45, 7) is 11.4. The number of hydrogen-bond acceptors (Lipinski definition) is 4. The standard InChI is InChI=1S/C15H22BrNO4/c1-14(2,3)20-12-7-10(17(18)19)8-13(11(12)9-16)21-15(4,5)6/h7-8H,9H2,1-6H3. The van der Waals surface area contributed by atoms with Crippen LogP contribution in [0.5, 0.6) is 11.5 Å². The molecule has 0 saturated carbocycles. The van der Waals surface area contributed by atoms with Crippen molar-refractivity contribution in [2.45, 2.75) is 58.1 Å². The van der Waals surface area contributed by atoms with Crippen molar-refractivity contribution in [3.05, 3.63) is 27.8 Å². The summed E-state index contributed by atoms with van der Waals surface area (Å²) in [4.78, 5) is 10.7. The number of ether oxygens (including phenoxy) is 2. The van der Waals surface area contributed by atoms with Crippen LogP contribution in [0.3, 0.4) is 0 Å². The van der Waals surface area contributed by atoms with Crippen molar-refractivity contribution in [1.82, 2.24) is 0 Å². The highest BCUT2D eigenvalue weighted by atomic mass is 79.9. The summed E-state index contributed by atoms with van der Waals surface area (Å²) < 4.78 is 11.7. The van der Waals surface area contributed by atoms with Gasteiger partial charge in [0.15, 0.2) is 0 Å². The Balaban J connectivity index is 3.43. The summed E-state index contributed by atoms with van der Waals surface area (Å²) >= 11 is 3.41. The van der Waals surface area contributed by atoms with Crippen LogP contribution in [0.15, 0.2) is 12.1 Å². The van der Waals surface area contributed by atoms with Crippen LogP contribution < -0.4 is 9.47 Å². The lowest BCUT2D eigenvalue weighted by molar-refractivity contribution is -0.385. The second-order valence-electron chi connectivity index (χ2n) is 6.74. The zero-order valence-electron chi connectivity index (χ0n) is 13.3. The number of benzene rings is 1. The van der Waals surface area contributed by atoms with Crippen LogP contribution in [0.25, 0.3) is 0 Å². The largest absolute Gasteiger partial charge is 0.487 e. The minimum Gasteiger partial charge on any atom is -0.487 e. The highest BCUT2D eigenvalue weighted by Crippen LogP contribution is 2.38. The van der Waals surface area contributed by atoms with Crippen LogP contribution in [0, 0.1) is 10.1 Å². The van der Waals surface area contributed by atoms with E-state index in [1.807, 2.05) is 41.5 Å². The van der Waals surface area contributed by atoms with Gasteiger partial charge in [-0.1, -0.05) is 15.9 Å². The molecular formula is C15H22BrNO4. The molecule has 1 rings (SSSR count). The summed E-state index contributed by atoms with van der Waals surface area (Å²) in [6.07, 6.45) is 0. The zero-order valence-corrected chi connectivity index (χ0v) is 14.9. The van der Waals surface area contributed by atoms with Crippen molar-refractivity contribution in [2.75, 3.05) is 0 Å². The third kappa shape index (κ3) is 5.53. The van der Waals surface area contributed by atoms with E-state index in [0.29, 0.717) is 16.8 Å². The molecule has 0 aromatic heterocycles. The molecular weight excluding hydrogens is 338 g/mol. The van der Waals surface area contributed by atoms with E-state index in [4.69, 9.17) is 9.47 Å². The summed E-state index contributed by atoms with van der Waals surface area (Å²) in [6, 6.07) is 2.88. The molecule has 1 aromatic rings. The second kappa shape index (κ2) is 6.22. The van der Waals surface area contributed by atoms with Gasteiger partial charge in [0.05, 0.1) is 17.1 Å².